The highest BCUT2D eigenvalue weighted by molar-refractivity contribution is 6.42. The number of esters is 1. The van der Waals surface area contributed by atoms with Crippen molar-refractivity contribution in [1.82, 2.24) is 0 Å². The van der Waals surface area contributed by atoms with Crippen LogP contribution in [0.4, 0.5) is 5.69 Å². The van der Waals surface area contributed by atoms with Gasteiger partial charge in [0.2, 0.25) is 0 Å². The van der Waals surface area contributed by atoms with Crippen molar-refractivity contribution in [1.29, 1.82) is 5.26 Å². The molecule has 0 bridgehead atoms. The molecule has 172 valence electrons. The molecular weight excluding hydrogens is 475 g/mol. The minimum absolute atomic E-state index is 0.141. The fraction of sp³-hybridized carbons (Fsp3) is 0.115. The highest BCUT2D eigenvalue weighted by Crippen LogP contribution is 2.30. The summed E-state index contributed by atoms with van der Waals surface area (Å²) in [6.07, 6.45) is 1.40. The molecule has 0 aliphatic carbocycles. The minimum Gasteiger partial charge on any atom is -0.490 e. The number of anilines is 1. The number of amides is 1. The van der Waals surface area contributed by atoms with Gasteiger partial charge < -0.3 is 14.8 Å². The van der Waals surface area contributed by atoms with Gasteiger partial charge in [-0.25, -0.2) is 4.79 Å². The van der Waals surface area contributed by atoms with Crippen LogP contribution in [-0.4, -0.2) is 18.5 Å². The number of carbonyl (C=O) groups excluding carboxylic acids is 2. The lowest BCUT2D eigenvalue weighted by atomic mass is 10.1. The van der Waals surface area contributed by atoms with Crippen molar-refractivity contribution in [2.45, 2.75) is 13.8 Å². The molecule has 0 heterocycles. The second-order valence-corrected chi connectivity index (χ2v) is 7.96. The lowest BCUT2D eigenvalue weighted by molar-refractivity contribution is -0.112. The first kappa shape index (κ1) is 24.8. The summed E-state index contributed by atoms with van der Waals surface area (Å²) >= 11 is 11.9. The van der Waals surface area contributed by atoms with Crippen molar-refractivity contribution >= 4 is 46.8 Å². The monoisotopic (exact) mass is 494 g/mol. The number of nitrogens with zero attached hydrogens (tertiary/aromatic N) is 1. The van der Waals surface area contributed by atoms with Crippen LogP contribution in [0.15, 0.2) is 66.2 Å². The molecule has 6 nitrogen and oxygen atoms in total. The number of carbonyl (C=O) groups is 2. The molecule has 0 aliphatic heterocycles. The molecule has 8 heteroatoms. The number of hydrogen-bond acceptors (Lipinski definition) is 5. The molecule has 0 saturated heterocycles. The fourth-order valence-electron chi connectivity index (χ4n) is 2.90. The molecule has 3 aromatic carbocycles. The number of halogens is 2. The van der Waals surface area contributed by atoms with E-state index in [1.165, 1.54) is 12.1 Å². The maximum Gasteiger partial charge on any atom is 0.343 e. The van der Waals surface area contributed by atoms with Crippen molar-refractivity contribution in [3.8, 4) is 17.6 Å². The summed E-state index contributed by atoms with van der Waals surface area (Å²) in [4.78, 5) is 25.1. The molecular formula is C26H20Cl2N2O4. The summed E-state index contributed by atoms with van der Waals surface area (Å²) in [5, 5.41) is 12.7. The van der Waals surface area contributed by atoms with Gasteiger partial charge in [0.05, 0.1) is 22.2 Å². The van der Waals surface area contributed by atoms with Gasteiger partial charge in [-0.1, -0.05) is 47.0 Å². The average Bonchev–Trinajstić information content (AvgIpc) is 2.82. The second kappa shape index (κ2) is 11.4. The Bertz CT molecular complexity index is 1300. The highest BCUT2D eigenvalue weighted by Gasteiger charge is 2.15. The summed E-state index contributed by atoms with van der Waals surface area (Å²) in [5.41, 5.74) is 2.20. The molecule has 0 atom stereocenters. The Morgan fingerprint density at radius 1 is 1.00 bits per heavy atom. The minimum atomic E-state index is -0.617. The van der Waals surface area contributed by atoms with Gasteiger partial charge in [-0.2, -0.15) is 5.26 Å². The number of aryl methyl sites for hydroxylation is 1. The van der Waals surface area contributed by atoms with E-state index in [1.54, 1.807) is 49.4 Å². The lowest BCUT2D eigenvalue weighted by Crippen LogP contribution is -2.13. The van der Waals surface area contributed by atoms with Crippen molar-refractivity contribution in [3.05, 3.63) is 93.0 Å². The second-order valence-electron chi connectivity index (χ2n) is 7.15. The van der Waals surface area contributed by atoms with Crippen molar-refractivity contribution in [3.63, 3.8) is 0 Å². The van der Waals surface area contributed by atoms with Crippen molar-refractivity contribution in [2.24, 2.45) is 0 Å². The zero-order valence-corrected chi connectivity index (χ0v) is 19.9. The molecule has 0 unspecified atom stereocenters. The molecule has 0 aliphatic rings. The number of nitriles is 1. The third kappa shape index (κ3) is 6.38. The molecule has 0 spiro atoms. The summed E-state index contributed by atoms with van der Waals surface area (Å²) in [7, 11) is 0. The van der Waals surface area contributed by atoms with Crippen LogP contribution in [0, 0.1) is 18.3 Å². The highest BCUT2D eigenvalue weighted by atomic mass is 35.5. The van der Waals surface area contributed by atoms with Crippen molar-refractivity contribution in [2.75, 3.05) is 11.9 Å². The van der Waals surface area contributed by atoms with Gasteiger partial charge in [0.25, 0.3) is 5.91 Å². The van der Waals surface area contributed by atoms with E-state index >= 15 is 0 Å². The third-order valence-electron chi connectivity index (χ3n) is 4.61. The van der Waals surface area contributed by atoms with Crippen LogP contribution in [0.1, 0.15) is 28.4 Å². The number of hydrogen-bond donors (Lipinski definition) is 1. The Morgan fingerprint density at radius 3 is 2.38 bits per heavy atom. The van der Waals surface area contributed by atoms with Crippen LogP contribution < -0.4 is 14.8 Å². The average molecular weight is 495 g/mol. The van der Waals surface area contributed by atoms with E-state index in [0.717, 1.165) is 5.56 Å². The summed E-state index contributed by atoms with van der Waals surface area (Å²) in [5.74, 6) is -0.612. The summed E-state index contributed by atoms with van der Waals surface area (Å²) < 4.78 is 11.1. The molecule has 34 heavy (non-hydrogen) atoms. The molecule has 0 fully saturated rings. The normalized spacial score (nSPS) is 10.9. The number of nitrogens with one attached hydrogen (secondary N) is 1. The van der Waals surface area contributed by atoms with E-state index in [9.17, 15) is 14.9 Å². The Hall–Kier alpha value is -3.79. The summed E-state index contributed by atoms with van der Waals surface area (Å²) in [6, 6.07) is 18.2. The molecule has 1 N–H and O–H groups in total. The van der Waals surface area contributed by atoms with Crippen LogP contribution in [0.25, 0.3) is 6.08 Å². The molecule has 0 saturated carbocycles. The SMILES string of the molecule is CCOc1cc(/C=C(\C#N)C(=O)Nc2ccc(Cl)c(Cl)c2)ccc1OC(=O)c1ccc(C)cc1. The first-order valence-electron chi connectivity index (χ1n) is 10.2. The Kier molecular flexibility index (Phi) is 8.31. The van der Waals surface area contributed by atoms with Gasteiger partial charge in [-0.05, 0) is 68.0 Å². The van der Waals surface area contributed by atoms with Gasteiger partial charge in [-0.15, -0.1) is 0 Å². The lowest BCUT2D eigenvalue weighted by Gasteiger charge is -2.12. The summed E-state index contributed by atoms with van der Waals surface area (Å²) in [6.45, 7) is 4.04. The number of ether oxygens (including phenoxy) is 2. The largest absolute Gasteiger partial charge is 0.490 e. The van der Waals surface area contributed by atoms with Crippen LogP contribution in [0.3, 0.4) is 0 Å². The van der Waals surface area contributed by atoms with Gasteiger partial charge in [0.1, 0.15) is 11.6 Å². The van der Waals surface area contributed by atoms with E-state index in [2.05, 4.69) is 5.32 Å². The molecule has 3 rings (SSSR count). The van der Waals surface area contributed by atoms with Crippen LogP contribution in [0.2, 0.25) is 10.0 Å². The van der Waals surface area contributed by atoms with Crippen LogP contribution in [0.5, 0.6) is 11.5 Å². The molecule has 3 aromatic rings. The van der Waals surface area contributed by atoms with E-state index < -0.39 is 11.9 Å². The van der Waals surface area contributed by atoms with Crippen molar-refractivity contribution < 1.29 is 19.1 Å². The van der Waals surface area contributed by atoms with E-state index in [4.69, 9.17) is 32.7 Å². The Morgan fingerprint density at radius 2 is 1.74 bits per heavy atom. The smallest absolute Gasteiger partial charge is 0.343 e. The predicted octanol–water partition coefficient (Wildman–Crippen LogP) is 6.47. The Labute approximate surface area is 207 Å². The van der Waals surface area contributed by atoms with E-state index in [0.29, 0.717) is 34.2 Å². The Balaban J connectivity index is 1.82. The van der Waals surface area contributed by atoms with Gasteiger partial charge in [-0.3, -0.25) is 4.79 Å². The standard InChI is InChI=1S/C26H20Cl2N2O4/c1-3-33-24-13-17(6-11-23(24)34-26(32)18-7-4-16(2)5-8-18)12-19(15-29)25(31)30-20-9-10-21(27)22(28)14-20/h4-14H,3H2,1-2H3,(H,30,31)/b19-12+. The topological polar surface area (TPSA) is 88.4 Å². The van der Waals surface area contributed by atoms with E-state index in [1.807, 2.05) is 25.1 Å². The first-order valence-corrected chi connectivity index (χ1v) is 11.0. The zero-order valence-electron chi connectivity index (χ0n) is 18.4. The van der Waals surface area contributed by atoms with E-state index in [-0.39, 0.29) is 16.3 Å². The molecule has 0 radical (unpaired) electrons. The van der Waals surface area contributed by atoms with Crippen LogP contribution >= 0.6 is 23.2 Å². The predicted molar refractivity (Wildman–Crippen MR) is 132 cm³/mol. The van der Waals surface area contributed by atoms with Gasteiger partial charge in [0, 0.05) is 5.69 Å². The van der Waals surface area contributed by atoms with Gasteiger partial charge in [0.15, 0.2) is 11.5 Å². The number of rotatable bonds is 7. The third-order valence-corrected chi connectivity index (χ3v) is 5.35. The first-order chi connectivity index (χ1) is 16.3. The van der Waals surface area contributed by atoms with Crippen LogP contribution in [-0.2, 0) is 4.79 Å². The zero-order chi connectivity index (χ0) is 24.7. The fourth-order valence-corrected chi connectivity index (χ4v) is 3.20. The number of benzene rings is 3. The maximum atomic E-state index is 12.6. The van der Waals surface area contributed by atoms with Gasteiger partial charge >= 0.3 is 5.97 Å². The quantitative estimate of drug-likeness (QED) is 0.176. The molecule has 1 amide bonds. The maximum absolute atomic E-state index is 12.6. The molecule has 0 aromatic heterocycles.